The molecule has 0 N–H and O–H groups in total. The highest BCUT2D eigenvalue weighted by atomic mass is 14.8. The molecule has 1 aromatic heterocycles. The number of aromatic nitrogens is 1. The van der Waals surface area contributed by atoms with Gasteiger partial charge in [0.25, 0.3) is 0 Å². The van der Waals surface area contributed by atoms with Crippen LogP contribution in [0.5, 0.6) is 0 Å². The second-order valence-corrected chi connectivity index (χ2v) is 3.82. The van der Waals surface area contributed by atoms with E-state index in [4.69, 9.17) is 0 Å². The van der Waals surface area contributed by atoms with Gasteiger partial charge in [0.2, 0.25) is 0 Å². The van der Waals surface area contributed by atoms with Crippen LogP contribution in [0.15, 0.2) is 29.4 Å². The Labute approximate surface area is 85.1 Å². The molecule has 0 unspecified atom stereocenters. The molecular formula is C12H16N2. The van der Waals surface area contributed by atoms with Crippen molar-refractivity contribution in [1.29, 1.82) is 0 Å². The van der Waals surface area contributed by atoms with E-state index in [0.717, 1.165) is 5.69 Å². The quantitative estimate of drug-likeness (QED) is 0.655. The summed E-state index contributed by atoms with van der Waals surface area (Å²) in [6.07, 6.45) is 10.3. The molecule has 0 bridgehead atoms. The molecular weight excluding hydrogens is 172 g/mol. The van der Waals surface area contributed by atoms with Crippen LogP contribution in [0.25, 0.3) is 0 Å². The summed E-state index contributed by atoms with van der Waals surface area (Å²) < 4.78 is 0. The van der Waals surface area contributed by atoms with Crippen molar-refractivity contribution in [3.05, 3.63) is 30.1 Å². The molecule has 74 valence electrons. The lowest BCUT2D eigenvalue weighted by molar-refractivity contribution is 0.444. The highest BCUT2D eigenvalue weighted by Crippen LogP contribution is 2.19. The van der Waals surface area contributed by atoms with Crippen molar-refractivity contribution in [2.45, 2.75) is 38.1 Å². The Balaban J connectivity index is 1.93. The summed E-state index contributed by atoms with van der Waals surface area (Å²) in [6, 6.07) is 6.46. The highest BCUT2D eigenvalue weighted by molar-refractivity contribution is 5.76. The normalized spacial score (nSPS) is 18.9. The molecule has 2 heteroatoms. The highest BCUT2D eigenvalue weighted by Gasteiger charge is 2.10. The van der Waals surface area contributed by atoms with Crippen LogP contribution in [0.1, 0.15) is 37.8 Å². The van der Waals surface area contributed by atoms with Crippen molar-refractivity contribution in [1.82, 2.24) is 4.98 Å². The molecule has 1 fully saturated rings. The third-order valence-corrected chi connectivity index (χ3v) is 2.68. The Bertz CT molecular complexity index is 286. The molecule has 1 aliphatic rings. The van der Waals surface area contributed by atoms with Crippen LogP contribution in [0.3, 0.4) is 0 Å². The molecule has 1 aliphatic carbocycles. The summed E-state index contributed by atoms with van der Waals surface area (Å²) in [5.41, 5.74) is 0.970. The maximum Gasteiger partial charge on any atom is 0.0807 e. The predicted octanol–water partition coefficient (Wildman–Crippen LogP) is 2.83. The number of pyridine rings is 1. The number of aliphatic imine (C=N–C) groups is 1. The van der Waals surface area contributed by atoms with Crippen LogP contribution in [0.2, 0.25) is 0 Å². The van der Waals surface area contributed by atoms with Gasteiger partial charge in [0.15, 0.2) is 0 Å². The van der Waals surface area contributed by atoms with Crippen LogP contribution in [0, 0.1) is 0 Å². The fourth-order valence-corrected chi connectivity index (χ4v) is 1.86. The van der Waals surface area contributed by atoms with Gasteiger partial charge in [-0.3, -0.25) is 9.98 Å². The van der Waals surface area contributed by atoms with E-state index in [9.17, 15) is 0 Å². The minimum absolute atomic E-state index is 0.547. The molecule has 0 saturated heterocycles. The van der Waals surface area contributed by atoms with E-state index >= 15 is 0 Å². The van der Waals surface area contributed by atoms with Crippen molar-refractivity contribution >= 4 is 6.21 Å². The van der Waals surface area contributed by atoms with Crippen molar-refractivity contribution < 1.29 is 0 Å². The average Bonchev–Trinajstić information content (AvgIpc) is 2.29. The van der Waals surface area contributed by atoms with E-state index < -0.39 is 0 Å². The first-order chi connectivity index (χ1) is 6.95. The summed E-state index contributed by atoms with van der Waals surface area (Å²) in [7, 11) is 0. The molecule has 0 spiro atoms. The van der Waals surface area contributed by atoms with Gasteiger partial charge >= 0.3 is 0 Å². The molecule has 14 heavy (non-hydrogen) atoms. The van der Waals surface area contributed by atoms with Crippen molar-refractivity contribution in [3.63, 3.8) is 0 Å². The standard InChI is InChI=1S/C12H16N2/c1-2-6-11(7-3-1)14-10-12-8-4-5-9-13-12/h4-5,8-11H,1-3,6-7H2/b14-10+. The van der Waals surface area contributed by atoms with Crippen molar-refractivity contribution in [2.75, 3.05) is 0 Å². The van der Waals surface area contributed by atoms with Gasteiger partial charge in [0.1, 0.15) is 0 Å². The monoisotopic (exact) mass is 188 g/mol. The molecule has 1 saturated carbocycles. The Morgan fingerprint density at radius 1 is 1.21 bits per heavy atom. The van der Waals surface area contributed by atoms with E-state index in [-0.39, 0.29) is 0 Å². The third kappa shape index (κ3) is 2.66. The van der Waals surface area contributed by atoms with Crippen LogP contribution in [-0.4, -0.2) is 17.2 Å². The van der Waals surface area contributed by atoms with E-state index in [1.807, 2.05) is 30.6 Å². The maximum absolute atomic E-state index is 4.57. The number of hydrogen-bond acceptors (Lipinski definition) is 2. The van der Waals surface area contributed by atoms with E-state index in [0.29, 0.717) is 6.04 Å². The topological polar surface area (TPSA) is 25.2 Å². The average molecular weight is 188 g/mol. The Morgan fingerprint density at radius 3 is 2.79 bits per heavy atom. The lowest BCUT2D eigenvalue weighted by Crippen LogP contribution is -2.09. The number of rotatable bonds is 2. The molecule has 0 aromatic carbocycles. The van der Waals surface area contributed by atoms with Gasteiger partial charge in [-0.1, -0.05) is 25.3 Å². The van der Waals surface area contributed by atoms with E-state index in [2.05, 4.69) is 9.98 Å². The van der Waals surface area contributed by atoms with E-state index in [1.54, 1.807) is 0 Å². The molecule has 1 aromatic rings. The van der Waals surface area contributed by atoms with E-state index in [1.165, 1.54) is 32.1 Å². The van der Waals surface area contributed by atoms with Gasteiger partial charge in [-0.25, -0.2) is 0 Å². The molecule has 1 heterocycles. The Kier molecular flexibility index (Phi) is 3.28. The molecule has 0 radical (unpaired) electrons. The molecule has 2 rings (SSSR count). The first kappa shape index (κ1) is 9.38. The summed E-state index contributed by atoms with van der Waals surface area (Å²) in [6.45, 7) is 0. The minimum Gasteiger partial charge on any atom is -0.288 e. The molecule has 0 amide bonds. The zero-order valence-electron chi connectivity index (χ0n) is 8.39. The molecule has 2 nitrogen and oxygen atoms in total. The Hall–Kier alpha value is -1.18. The van der Waals surface area contributed by atoms with Crippen LogP contribution in [0.4, 0.5) is 0 Å². The Morgan fingerprint density at radius 2 is 2.07 bits per heavy atom. The number of nitrogens with zero attached hydrogens (tertiary/aromatic N) is 2. The van der Waals surface area contributed by atoms with Gasteiger partial charge in [-0.15, -0.1) is 0 Å². The summed E-state index contributed by atoms with van der Waals surface area (Å²) >= 11 is 0. The van der Waals surface area contributed by atoms with Crippen LogP contribution >= 0.6 is 0 Å². The summed E-state index contributed by atoms with van der Waals surface area (Å²) in [5.74, 6) is 0. The van der Waals surface area contributed by atoms with Crippen LogP contribution < -0.4 is 0 Å². The third-order valence-electron chi connectivity index (χ3n) is 2.68. The van der Waals surface area contributed by atoms with Gasteiger partial charge in [0, 0.05) is 12.4 Å². The maximum atomic E-state index is 4.57. The van der Waals surface area contributed by atoms with Gasteiger partial charge in [-0.05, 0) is 25.0 Å². The minimum atomic E-state index is 0.547. The lowest BCUT2D eigenvalue weighted by atomic mass is 9.96. The second kappa shape index (κ2) is 4.89. The zero-order valence-corrected chi connectivity index (χ0v) is 8.39. The fraction of sp³-hybridized carbons (Fsp3) is 0.500. The first-order valence-corrected chi connectivity index (χ1v) is 5.39. The molecule has 0 aliphatic heterocycles. The summed E-state index contributed by atoms with van der Waals surface area (Å²) in [5, 5.41) is 0. The largest absolute Gasteiger partial charge is 0.288 e. The smallest absolute Gasteiger partial charge is 0.0807 e. The second-order valence-electron chi connectivity index (χ2n) is 3.82. The van der Waals surface area contributed by atoms with Crippen molar-refractivity contribution in [3.8, 4) is 0 Å². The summed E-state index contributed by atoms with van der Waals surface area (Å²) in [4.78, 5) is 8.78. The zero-order chi connectivity index (χ0) is 9.64. The van der Waals surface area contributed by atoms with Gasteiger partial charge in [-0.2, -0.15) is 0 Å². The predicted molar refractivity (Wildman–Crippen MR) is 58.7 cm³/mol. The van der Waals surface area contributed by atoms with Gasteiger partial charge in [0.05, 0.1) is 11.7 Å². The number of hydrogen-bond donors (Lipinski definition) is 0. The SMILES string of the molecule is C(=N\C1CCCCC1)/c1ccccn1. The van der Waals surface area contributed by atoms with Gasteiger partial charge < -0.3 is 0 Å². The van der Waals surface area contributed by atoms with Crippen LogP contribution in [-0.2, 0) is 0 Å². The lowest BCUT2D eigenvalue weighted by Gasteiger charge is -2.16. The first-order valence-electron chi connectivity index (χ1n) is 5.39. The van der Waals surface area contributed by atoms with Crippen molar-refractivity contribution in [2.24, 2.45) is 4.99 Å². The fourth-order valence-electron chi connectivity index (χ4n) is 1.86. The molecule has 0 atom stereocenters.